The van der Waals surface area contributed by atoms with Crippen molar-refractivity contribution >= 4 is 5.78 Å². The van der Waals surface area contributed by atoms with Crippen LogP contribution in [0.2, 0.25) is 0 Å². The van der Waals surface area contributed by atoms with Crippen LogP contribution in [-0.2, 0) is 7.05 Å². The minimum absolute atomic E-state index is 0.243. The van der Waals surface area contributed by atoms with Crippen LogP contribution >= 0.6 is 0 Å². The van der Waals surface area contributed by atoms with Gasteiger partial charge in [-0.15, -0.1) is 0 Å². The van der Waals surface area contributed by atoms with Crippen molar-refractivity contribution in [3.8, 4) is 0 Å². The molecule has 0 spiro atoms. The summed E-state index contributed by atoms with van der Waals surface area (Å²) in [5.41, 5.74) is 0.784. The number of Topliss-reactive ketones (excluding diaryl/α,β-unsaturated/α-hetero) is 1. The lowest BCUT2D eigenvalue weighted by atomic mass is 9.77. The highest BCUT2D eigenvalue weighted by Gasteiger charge is 2.27. The lowest BCUT2D eigenvalue weighted by Gasteiger charge is -2.27. The summed E-state index contributed by atoms with van der Waals surface area (Å²) in [5.74, 6) is 1.40. The highest BCUT2D eigenvalue weighted by molar-refractivity contribution is 5.97. The van der Waals surface area contributed by atoms with Crippen molar-refractivity contribution in [2.45, 2.75) is 45.4 Å². The van der Waals surface area contributed by atoms with Gasteiger partial charge in [0.05, 0.1) is 11.8 Å². The summed E-state index contributed by atoms with van der Waals surface area (Å²) in [6.07, 6.45) is 10.7. The number of carbonyl (C=O) groups excluding carboxylic acids is 1. The molecule has 94 valence electrons. The van der Waals surface area contributed by atoms with E-state index in [-0.39, 0.29) is 5.92 Å². The molecule has 2 rings (SSSR count). The van der Waals surface area contributed by atoms with Gasteiger partial charge in [0.2, 0.25) is 0 Å². The van der Waals surface area contributed by atoms with E-state index in [4.69, 9.17) is 0 Å². The average molecular weight is 234 g/mol. The number of hydrogen-bond acceptors (Lipinski definition) is 2. The van der Waals surface area contributed by atoms with E-state index in [2.05, 4.69) is 12.0 Å². The van der Waals surface area contributed by atoms with E-state index in [0.29, 0.717) is 5.78 Å². The highest BCUT2D eigenvalue weighted by atomic mass is 16.1. The maximum atomic E-state index is 12.2. The zero-order valence-corrected chi connectivity index (χ0v) is 10.9. The Morgan fingerprint density at radius 2 is 2.12 bits per heavy atom. The quantitative estimate of drug-likeness (QED) is 0.750. The fraction of sp³-hybridized carbons (Fsp3) is 0.714. The molecule has 0 aliphatic heterocycles. The van der Waals surface area contributed by atoms with Crippen LogP contribution in [-0.4, -0.2) is 15.6 Å². The van der Waals surface area contributed by atoms with Gasteiger partial charge in [-0.1, -0.05) is 19.8 Å². The second-order valence-electron chi connectivity index (χ2n) is 5.27. The Kier molecular flexibility index (Phi) is 3.97. The van der Waals surface area contributed by atoms with Crippen molar-refractivity contribution < 1.29 is 4.79 Å². The minimum atomic E-state index is 0.243. The van der Waals surface area contributed by atoms with Crippen molar-refractivity contribution in [3.05, 3.63) is 18.0 Å². The van der Waals surface area contributed by atoms with Crippen LogP contribution in [0.3, 0.4) is 0 Å². The molecule has 0 radical (unpaired) electrons. The minimum Gasteiger partial charge on any atom is -0.294 e. The van der Waals surface area contributed by atoms with Gasteiger partial charge in [0.1, 0.15) is 0 Å². The summed E-state index contributed by atoms with van der Waals surface area (Å²) >= 11 is 0. The van der Waals surface area contributed by atoms with Gasteiger partial charge in [0.25, 0.3) is 0 Å². The van der Waals surface area contributed by atoms with Gasteiger partial charge in [-0.3, -0.25) is 9.48 Å². The molecule has 1 aliphatic rings. The van der Waals surface area contributed by atoms with Crippen LogP contribution in [0.15, 0.2) is 12.4 Å². The van der Waals surface area contributed by atoms with Gasteiger partial charge in [-0.05, 0) is 31.6 Å². The normalized spacial score (nSPS) is 24.8. The number of ketones is 1. The first kappa shape index (κ1) is 12.3. The van der Waals surface area contributed by atoms with E-state index in [1.54, 1.807) is 10.9 Å². The van der Waals surface area contributed by atoms with Gasteiger partial charge in [-0.25, -0.2) is 0 Å². The van der Waals surface area contributed by atoms with E-state index >= 15 is 0 Å². The molecule has 0 unspecified atom stereocenters. The summed E-state index contributed by atoms with van der Waals surface area (Å²) in [4.78, 5) is 12.2. The molecule has 3 nitrogen and oxygen atoms in total. The second kappa shape index (κ2) is 5.48. The van der Waals surface area contributed by atoms with Crippen LogP contribution in [0, 0.1) is 11.8 Å². The molecule has 1 aromatic rings. The van der Waals surface area contributed by atoms with Gasteiger partial charge in [0, 0.05) is 19.2 Å². The molecule has 17 heavy (non-hydrogen) atoms. The Hall–Kier alpha value is -1.12. The third-order valence-corrected chi connectivity index (χ3v) is 3.90. The molecule has 0 N–H and O–H groups in total. The van der Waals surface area contributed by atoms with Crippen LogP contribution in [0.1, 0.15) is 55.8 Å². The maximum absolute atomic E-state index is 12.2. The molecule has 3 heteroatoms. The van der Waals surface area contributed by atoms with E-state index < -0.39 is 0 Å². The summed E-state index contributed by atoms with van der Waals surface area (Å²) in [6, 6.07) is 0. The molecule has 1 fully saturated rings. The number of rotatable bonds is 4. The molecule has 0 saturated heterocycles. The lowest BCUT2D eigenvalue weighted by molar-refractivity contribution is 0.0870. The highest BCUT2D eigenvalue weighted by Crippen LogP contribution is 2.33. The van der Waals surface area contributed by atoms with Crippen molar-refractivity contribution in [2.24, 2.45) is 18.9 Å². The first-order chi connectivity index (χ1) is 8.20. The summed E-state index contributed by atoms with van der Waals surface area (Å²) in [7, 11) is 1.86. The topological polar surface area (TPSA) is 34.9 Å². The summed E-state index contributed by atoms with van der Waals surface area (Å²) in [5, 5.41) is 4.07. The Balaban J connectivity index is 1.90. The molecular formula is C14H22N2O. The third kappa shape index (κ3) is 2.96. The number of carbonyl (C=O) groups is 1. The van der Waals surface area contributed by atoms with E-state index in [1.807, 2.05) is 13.2 Å². The van der Waals surface area contributed by atoms with Crippen LogP contribution in [0.25, 0.3) is 0 Å². The zero-order valence-electron chi connectivity index (χ0n) is 10.9. The Labute approximate surface area is 103 Å². The monoisotopic (exact) mass is 234 g/mol. The predicted molar refractivity (Wildman–Crippen MR) is 67.9 cm³/mol. The lowest BCUT2D eigenvalue weighted by Crippen LogP contribution is -2.21. The van der Waals surface area contributed by atoms with Crippen molar-refractivity contribution in [3.63, 3.8) is 0 Å². The predicted octanol–water partition coefficient (Wildman–Crippen LogP) is 3.21. The van der Waals surface area contributed by atoms with Gasteiger partial charge >= 0.3 is 0 Å². The first-order valence-electron chi connectivity index (χ1n) is 6.73. The molecule has 0 aromatic carbocycles. The van der Waals surface area contributed by atoms with Crippen molar-refractivity contribution in [2.75, 3.05) is 0 Å². The van der Waals surface area contributed by atoms with Crippen molar-refractivity contribution in [1.82, 2.24) is 9.78 Å². The molecule has 1 heterocycles. The largest absolute Gasteiger partial charge is 0.294 e. The molecule has 1 saturated carbocycles. The smallest absolute Gasteiger partial charge is 0.169 e. The average Bonchev–Trinajstić information content (AvgIpc) is 2.76. The summed E-state index contributed by atoms with van der Waals surface area (Å²) in [6.45, 7) is 2.24. The van der Waals surface area contributed by atoms with E-state index in [0.717, 1.165) is 24.3 Å². The standard InChI is InChI=1S/C14H22N2O/c1-3-4-11-5-7-12(8-6-11)14(17)13-9-15-16(2)10-13/h9-12H,3-8H2,1-2H3. The van der Waals surface area contributed by atoms with Crippen molar-refractivity contribution in [1.29, 1.82) is 0 Å². The molecule has 1 aliphatic carbocycles. The maximum Gasteiger partial charge on any atom is 0.169 e. The summed E-state index contributed by atoms with van der Waals surface area (Å²) < 4.78 is 1.70. The Morgan fingerprint density at radius 1 is 1.41 bits per heavy atom. The number of nitrogens with zero attached hydrogens (tertiary/aromatic N) is 2. The molecule has 1 aromatic heterocycles. The van der Waals surface area contributed by atoms with Crippen LogP contribution in [0.5, 0.6) is 0 Å². The van der Waals surface area contributed by atoms with Crippen LogP contribution < -0.4 is 0 Å². The Bertz CT molecular complexity index is 375. The third-order valence-electron chi connectivity index (χ3n) is 3.90. The number of aryl methyl sites for hydroxylation is 1. The van der Waals surface area contributed by atoms with Gasteiger partial charge < -0.3 is 0 Å². The SMILES string of the molecule is CCCC1CCC(C(=O)c2cnn(C)c2)CC1. The fourth-order valence-electron chi connectivity index (χ4n) is 2.91. The van der Waals surface area contributed by atoms with E-state index in [1.165, 1.54) is 25.7 Å². The van der Waals surface area contributed by atoms with E-state index in [9.17, 15) is 4.79 Å². The molecule has 0 amide bonds. The fourth-order valence-corrected chi connectivity index (χ4v) is 2.91. The number of aromatic nitrogens is 2. The van der Waals surface area contributed by atoms with Crippen LogP contribution in [0.4, 0.5) is 0 Å². The van der Waals surface area contributed by atoms with Gasteiger partial charge in [0.15, 0.2) is 5.78 Å². The zero-order chi connectivity index (χ0) is 12.3. The van der Waals surface area contributed by atoms with Gasteiger partial charge in [-0.2, -0.15) is 5.10 Å². The first-order valence-corrected chi connectivity index (χ1v) is 6.73. The second-order valence-corrected chi connectivity index (χ2v) is 5.27. The molecule has 0 atom stereocenters. The molecule has 0 bridgehead atoms. The Morgan fingerprint density at radius 3 is 2.65 bits per heavy atom. The molecular weight excluding hydrogens is 212 g/mol. The number of hydrogen-bond donors (Lipinski definition) is 0.